The summed E-state index contributed by atoms with van der Waals surface area (Å²) in [5.41, 5.74) is 11.4. The molecule has 0 amide bonds. The first-order valence-corrected chi connectivity index (χ1v) is 16.6. The lowest BCUT2D eigenvalue weighted by Gasteiger charge is -2.15. The van der Waals surface area contributed by atoms with Gasteiger partial charge in [-0.15, -0.1) is 0 Å². The lowest BCUT2D eigenvalue weighted by atomic mass is 9.89. The highest BCUT2D eigenvalue weighted by Crippen LogP contribution is 2.39. The Morgan fingerprint density at radius 3 is 1.58 bits per heavy atom. The van der Waals surface area contributed by atoms with Crippen LogP contribution in [0.2, 0.25) is 0 Å². The second kappa shape index (κ2) is 12.4. The summed E-state index contributed by atoms with van der Waals surface area (Å²) in [6.45, 7) is 1.87. The van der Waals surface area contributed by atoms with Crippen molar-refractivity contribution in [2.24, 2.45) is 0 Å². The molecule has 0 aliphatic heterocycles. The Morgan fingerprint density at radius 1 is 0.400 bits per heavy atom. The standard InChI is InChI=1S/C45H30N4O/c1-29-46-40-28-37(25-27-41(40)50-29)30-16-18-32(19-17-30)39-26-24-31-10-8-9-15-38(31)42(39)33-20-22-36(23-21-33)45-48-43(34-11-4-2-5-12-34)47-44(49-45)35-13-6-3-7-14-35/h2-28H,1H3. The summed E-state index contributed by atoms with van der Waals surface area (Å²) < 4.78 is 5.68. The van der Waals surface area contributed by atoms with Crippen LogP contribution in [0.15, 0.2) is 168 Å². The lowest BCUT2D eigenvalue weighted by molar-refractivity contribution is 0.561. The van der Waals surface area contributed by atoms with E-state index in [0.717, 1.165) is 50.0 Å². The third kappa shape index (κ3) is 5.51. The van der Waals surface area contributed by atoms with Crippen molar-refractivity contribution in [3.63, 3.8) is 0 Å². The molecule has 0 spiro atoms. The SMILES string of the molecule is Cc1nc2cc(-c3ccc(-c4ccc5ccccc5c4-c4ccc(-c5nc(-c6ccccc6)nc(-c6ccccc6)n5)cc4)cc3)ccc2o1. The van der Waals surface area contributed by atoms with Crippen LogP contribution in [0.5, 0.6) is 0 Å². The molecule has 0 saturated carbocycles. The van der Waals surface area contributed by atoms with Crippen LogP contribution in [0.4, 0.5) is 0 Å². The maximum absolute atomic E-state index is 5.68. The van der Waals surface area contributed by atoms with Crippen molar-refractivity contribution in [3.8, 4) is 67.5 Å². The van der Waals surface area contributed by atoms with Crippen molar-refractivity contribution >= 4 is 21.9 Å². The average Bonchev–Trinajstić information content (AvgIpc) is 3.57. The molecule has 0 saturated heterocycles. The highest BCUT2D eigenvalue weighted by molar-refractivity contribution is 6.04. The zero-order chi connectivity index (χ0) is 33.4. The fourth-order valence-corrected chi connectivity index (χ4v) is 6.61. The second-order valence-corrected chi connectivity index (χ2v) is 12.3. The van der Waals surface area contributed by atoms with E-state index in [9.17, 15) is 0 Å². The summed E-state index contributed by atoms with van der Waals surface area (Å²) in [6.07, 6.45) is 0. The number of fused-ring (bicyclic) bond motifs is 2. The summed E-state index contributed by atoms with van der Waals surface area (Å²) in [5.74, 6) is 2.60. The second-order valence-electron chi connectivity index (χ2n) is 12.3. The summed E-state index contributed by atoms with van der Waals surface area (Å²) >= 11 is 0. The van der Waals surface area contributed by atoms with Crippen LogP contribution < -0.4 is 0 Å². The van der Waals surface area contributed by atoms with Gasteiger partial charge < -0.3 is 4.42 Å². The smallest absolute Gasteiger partial charge is 0.192 e. The van der Waals surface area contributed by atoms with Crippen LogP contribution in [-0.4, -0.2) is 19.9 Å². The number of oxazole rings is 1. The van der Waals surface area contributed by atoms with Gasteiger partial charge in [0.25, 0.3) is 0 Å². The Labute approximate surface area is 289 Å². The van der Waals surface area contributed by atoms with Gasteiger partial charge in [-0.2, -0.15) is 0 Å². The van der Waals surface area contributed by atoms with Crippen molar-refractivity contribution in [1.29, 1.82) is 0 Å². The highest BCUT2D eigenvalue weighted by atomic mass is 16.3. The molecule has 0 aliphatic carbocycles. The summed E-state index contributed by atoms with van der Waals surface area (Å²) in [5, 5.41) is 2.40. The predicted octanol–water partition coefficient (Wildman–Crippen LogP) is 11.5. The van der Waals surface area contributed by atoms with E-state index >= 15 is 0 Å². The number of aromatic nitrogens is 4. The van der Waals surface area contributed by atoms with Gasteiger partial charge in [0.15, 0.2) is 28.9 Å². The van der Waals surface area contributed by atoms with Gasteiger partial charge >= 0.3 is 0 Å². The van der Waals surface area contributed by atoms with Crippen LogP contribution in [0.25, 0.3) is 89.4 Å². The van der Waals surface area contributed by atoms with Crippen LogP contribution in [0.3, 0.4) is 0 Å². The number of nitrogens with zero attached hydrogens (tertiary/aromatic N) is 4. The van der Waals surface area contributed by atoms with E-state index in [0.29, 0.717) is 23.4 Å². The highest BCUT2D eigenvalue weighted by Gasteiger charge is 2.15. The molecule has 5 heteroatoms. The molecule has 0 atom stereocenters. The molecule has 7 aromatic carbocycles. The number of hydrogen-bond donors (Lipinski definition) is 0. The van der Waals surface area contributed by atoms with Gasteiger partial charge in [0, 0.05) is 23.6 Å². The zero-order valence-electron chi connectivity index (χ0n) is 27.3. The lowest BCUT2D eigenvalue weighted by Crippen LogP contribution is -2.00. The Bertz CT molecular complexity index is 2570. The van der Waals surface area contributed by atoms with Gasteiger partial charge in [-0.05, 0) is 56.3 Å². The maximum Gasteiger partial charge on any atom is 0.192 e. The van der Waals surface area contributed by atoms with Crippen molar-refractivity contribution < 1.29 is 4.42 Å². The van der Waals surface area contributed by atoms with Gasteiger partial charge in [0.2, 0.25) is 0 Å². The van der Waals surface area contributed by atoms with Crippen molar-refractivity contribution in [1.82, 2.24) is 19.9 Å². The molecule has 0 bridgehead atoms. The number of benzene rings is 7. The minimum absolute atomic E-state index is 0.636. The van der Waals surface area contributed by atoms with E-state index in [1.54, 1.807) is 0 Å². The Balaban J connectivity index is 1.12. The summed E-state index contributed by atoms with van der Waals surface area (Å²) in [7, 11) is 0. The summed E-state index contributed by atoms with van der Waals surface area (Å²) in [4.78, 5) is 19.2. The van der Waals surface area contributed by atoms with E-state index in [4.69, 9.17) is 19.4 Å². The molecular weight excluding hydrogens is 613 g/mol. The van der Waals surface area contributed by atoms with E-state index < -0.39 is 0 Å². The Morgan fingerprint density at radius 2 is 0.920 bits per heavy atom. The predicted molar refractivity (Wildman–Crippen MR) is 202 cm³/mol. The van der Waals surface area contributed by atoms with Gasteiger partial charge in [0.05, 0.1) is 0 Å². The van der Waals surface area contributed by atoms with Gasteiger partial charge in [-0.1, -0.05) is 152 Å². The van der Waals surface area contributed by atoms with Crippen LogP contribution in [-0.2, 0) is 0 Å². The molecule has 5 nitrogen and oxygen atoms in total. The number of rotatable bonds is 6. The van der Waals surface area contributed by atoms with Gasteiger partial charge in [-0.3, -0.25) is 0 Å². The fraction of sp³-hybridized carbons (Fsp3) is 0.0222. The molecule has 0 aliphatic rings. The average molecular weight is 643 g/mol. The third-order valence-corrected chi connectivity index (χ3v) is 9.08. The minimum Gasteiger partial charge on any atom is -0.441 e. The van der Waals surface area contributed by atoms with Gasteiger partial charge in [0.1, 0.15) is 5.52 Å². The molecule has 2 aromatic heterocycles. The molecule has 9 aromatic rings. The largest absolute Gasteiger partial charge is 0.441 e. The Kier molecular flexibility index (Phi) is 7.29. The molecule has 0 fully saturated rings. The van der Waals surface area contributed by atoms with Crippen molar-refractivity contribution in [2.75, 3.05) is 0 Å². The molecule has 0 N–H and O–H groups in total. The first-order valence-electron chi connectivity index (χ1n) is 16.6. The first-order chi connectivity index (χ1) is 24.7. The fourth-order valence-electron chi connectivity index (χ4n) is 6.61. The molecule has 0 unspecified atom stereocenters. The topological polar surface area (TPSA) is 64.7 Å². The van der Waals surface area contributed by atoms with Gasteiger partial charge in [-0.25, -0.2) is 19.9 Å². The number of aryl methyl sites for hydroxylation is 1. The third-order valence-electron chi connectivity index (χ3n) is 9.08. The zero-order valence-corrected chi connectivity index (χ0v) is 27.3. The quantitative estimate of drug-likeness (QED) is 0.181. The van der Waals surface area contributed by atoms with E-state index in [2.05, 4.69) is 102 Å². The van der Waals surface area contributed by atoms with Crippen molar-refractivity contribution in [2.45, 2.75) is 6.92 Å². The summed E-state index contributed by atoms with van der Waals surface area (Å²) in [6, 6.07) is 56.7. The monoisotopic (exact) mass is 642 g/mol. The Hall–Kier alpha value is -6.72. The molecule has 9 rings (SSSR count). The number of hydrogen-bond acceptors (Lipinski definition) is 5. The van der Waals surface area contributed by atoms with Crippen LogP contribution >= 0.6 is 0 Å². The first kappa shape index (κ1) is 29.4. The molecule has 0 radical (unpaired) electrons. The molecule has 50 heavy (non-hydrogen) atoms. The van der Waals surface area contributed by atoms with Crippen LogP contribution in [0, 0.1) is 6.92 Å². The molecule has 236 valence electrons. The maximum atomic E-state index is 5.68. The van der Waals surface area contributed by atoms with E-state index in [1.807, 2.05) is 73.7 Å². The van der Waals surface area contributed by atoms with E-state index in [1.165, 1.54) is 21.9 Å². The van der Waals surface area contributed by atoms with Crippen molar-refractivity contribution in [3.05, 3.63) is 170 Å². The minimum atomic E-state index is 0.636. The molecular formula is C45H30N4O. The normalized spacial score (nSPS) is 11.3. The molecule has 2 heterocycles. The van der Waals surface area contributed by atoms with E-state index in [-0.39, 0.29) is 0 Å². The van der Waals surface area contributed by atoms with Crippen LogP contribution in [0.1, 0.15) is 5.89 Å².